The lowest BCUT2D eigenvalue weighted by Gasteiger charge is -2.24. The number of benzene rings is 1. The van der Waals surface area contributed by atoms with E-state index in [1.165, 1.54) is 11.8 Å². The van der Waals surface area contributed by atoms with E-state index in [0.29, 0.717) is 24.5 Å². The zero-order valence-electron chi connectivity index (χ0n) is 20.4. The van der Waals surface area contributed by atoms with Crippen molar-refractivity contribution < 1.29 is 42.1 Å². The van der Waals surface area contributed by atoms with Crippen LogP contribution in [0, 0.1) is 0 Å². The second kappa shape index (κ2) is 13.8. The number of rotatable bonds is 7. The molecule has 10 nitrogen and oxygen atoms in total. The number of methoxy groups -OCH3 is 1. The van der Waals surface area contributed by atoms with Crippen molar-refractivity contribution in [1.82, 2.24) is 20.3 Å². The van der Waals surface area contributed by atoms with Gasteiger partial charge in [0.05, 0.1) is 20.3 Å². The van der Waals surface area contributed by atoms with E-state index in [0.717, 1.165) is 29.9 Å². The third-order valence-corrected chi connectivity index (χ3v) is 6.08. The minimum Gasteiger partial charge on any atom is -0.497 e. The minimum atomic E-state index is -5.08. The third-order valence-electron chi connectivity index (χ3n) is 4.92. The molecule has 2 heterocycles. The topological polar surface area (TPSA) is 133 Å². The molecule has 0 radical (unpaired) electrons. The van der Waals surface area contributed by atoms with E-state index in [9.17, 15) is 22.8 Å². The molecule has 2 aromatic rings. The number of hydrogen-bond donors (Lipinski definition) is 2. The second-order valence-corrected chi connectivity index (χ2v) is 9.01. The molecule has 1 atom stereocenters. The van der Waals surface area contributed by atoms with Crippen LogP contribution in [0.5, 0.6) is 5.75 Å². The van der Waals surface area contributed by atoms with Crippen molar-refractivity contribution in [3.05, 3.63) is 46.8 Å². The van der Waals surface area contributed by atoms with Gasteiger partial charge < -0.3 is 19.9 Å². The van der Waals surface area contributed by atoms with Gasteiger partial charge in [-0.15, -0.1) is 5.10 Å². The number of aromatic nitrogens is 3. The van der Waals surface area contributed by atoms with Crippen molar-refractivity contribution >= 4 is 34.9 Å². The summed E-state index contributed by atoms with van der Waals surface area (Å²) in [5.41, 5.74) is 2.73. The second-order valence-electron chi connectivity index (χ2n) is 7.64. The quantitative estimate of drug-likeness (QED) is 0.501. The molecule has 0 aliphatic carbocycles. The summed E-state index contributed by atoms with van der Waals surface area (Å²) in [5, 5.41) is 19.0. The number of alkyl halides is 3. The van der Waals surface area contributed by atoms with Gasteiger partial charge in [-0.2, -0.15) is 13.2 Å². The summed E-state index contributed by atoms with van der Waals surface area (Å²) in [6.45, 7) is 5.44. The molecule has 0 saturated carbocycles. The zero-order valence-corrected chi connectivity index (χ0v) is 21.2. The first-order valence-electron chi connectivity index (χ1n) is 11.1. The highest BCUT2D eigenvalue weighted by atomic mass is 32.2. The molecular formula is C23H27F3N4O6S. The smallest absolute Gasteiger partial charge is 0.490 e. The summed E-state index contributed by atoms with van der Waals surface area (Å²) >= 11 is 1.31. The number of carboxylic acid groups (broad SMARTS) is 1. The lowest BCUT2D eigenvalue weighted by Crippen LogP contribution is -2.32. The highest BCUT2D eigenvalue weighted by molar-refractivity contribution is 8.14. The van der Waals surface area contributed by atoms with Crippen LogP contribution >= 0.6 is 11.8 Å². The average Bonchev–Trinajstić information content (AvgIpc) is 3.22. The van der Waals surface area contributed by atoms with Crippen LogP contribution in [0.2, 0.25) is 0 Å². The van der Waals surface area contributed by atoms with Crippen LogP contribution in [0.4, 0.5) is 13.2 Å². The summed E-state index contributed by atoms with van der Waals surface area (Å²) in [7, 11) is 1.61. The maximum absolute atomic E-state index is 12.7. The van der Waals surface area contributed by atoms with E-state index in [1.807, 2.05) is 30.3 Å². The fourth-order valence-corrected chi connectivity index (χ4v) is 4.21. The first-order chi connectivity index (χ1) is 17.5. The Morgan fingerprint density at radius 2 is 1.92 bits per heavy atom. The van der Waals surface area contributed by atoms with Gasteiger partial charge in [-0.25, -0.2) is 14.3 Å². The Morgan fingerprint density at radius 3 is 2.46 bits per heavy atom. The highest BCUT2D eigenvalue weighted by Crippen LogP contribution is 2.27. The van der Waals surface area contributed by atoms with Crippen molar-refractivity contribution in [1.29, 1.82) is 0 Å². The van der Waals surface area contributed by atoms with E-state index in [1.54, 1.807) is 25.6 Å². The highest BCUT2D eigenvalue weighted by Gasteiger charge is 2.38. The van der Waals surface area contributed by atoms with Crippen LogP contribution in [-0.2, 0) is 20.9 Å². The van der Waals surface area contributed by atoms with Crippen LogP contribution < -0.4 is 10.1 Å². The molecule has 1 aromatic heterocycles. The van der Waals surface area contributed by atoms with Gasteiger partial charge in [-0.3, -0.25) is 4.79 Å². The molecule has 0 bridgehead atoms. The predicted octanol–water partition coefficient (Wildman–Crippen LogP) is 3.17. The molecule has 37 heavy (non-hydrogen) atoms. The van der Waals surface area contributed by atoms with Crippen LogP contribution in [0.1, 0.15) is 42.0 Å². The first-order valence-corrected chi connectivity index (χ1v) is 12.0. The Labute approximate surface area is 215 Å². The zero-order chi connectivity index (χ0) is 27.6. The maximum Gasteiger partial charge on any atom is 0.490 e. The summed E-state index contributed by atoms with van der Waals surface area (Å²) in [6.07, 6.45) is -2.39. The number of halogens is 3. The monoisotopic (exact) mass is 544 g/mol. The summed E-state index contributed by atoms with van der Waals surface area (Å²) in [4.78, 5) is 33.2. The number of nitrogens with zero attached hydrogens (tertiary/aromatic N) is 3. The van der Waals surface area contributed by atoms with Gasteiger partial charge in [0.2, 0.25) is 0 Å². The van der Waals surface area contributed by atoms with Crippen molar-refractivity contribution in [2.24, 2.45) is 0 Å². The first kappa shape index (κ1) is 29.8. The Hall–Kier alpha value is -3.39. The number of nitrogens with one attached hydrogen (secondary N) is 1. The average molecular weight is 545 g/mol. The maximum atomic E-state index is 12.7. The summed E-state index contributed by atoms with van der Waals surface area (Å²) in [6, 6.07) is 7.54. The van der Waals surface area contributed by atoms with Crippen molar-refractivity contribution in [3.8, 4) is 5.75 Å². The Balaban J connectivity index is 0.000000604. The number of esters is 1. The van der Waals surface area contributed by atoms with Crippen molar-refractivity contribution in [3.63, 3.8) is 0 Å². The largest absolute Gasteiger partial charge is 0.497 e. The van der Waals surface area contributed by atoms with E-state index < -0.39 is 18.1 Å². The van der Waals surface area contributed by atoms with E-state index in [4.69, 9.17) is 19.4 Å². The van der Waals surface area contributed by atoms with Gasteiger partial charge in [-0.1, -0.05) is 29.1 Å². The molecule has 3 rings (SSSR count). The lowest BCUT2D eigenvalue weighted by atomic mass is 10.0. The Kier molecular flexibility index (Phi) is 11.1. The molecule has 2 N–H and O–H groups in total. The number of aliphatic carboxylic acids is 1. The van der Waals surface area contributed by atoms with Gasteiger partial charge in [-0.05, 0) is 49.2 Å². The third kappa shape index (κ3) is 9.21. The number of hydrogen-bond acceptors (Lipinski definition) is 9. The summed E-state index contributed by atoms with van der Waals surface area (Å²) < 4.78 is 43.7. The SMILES string of the molecule is CCOC(=O)c1c(C=C2CNCCC2SC(C)=O)nnn1Cc1ccc(OC)cc1.O=C(O)C(F)(F)F. The summed E-state index contributed by atoms with van der Waals surface area (Å²) in [5.74, 6) is -2.47. The fraction of sp³-hybridized carbons (Fsp3) is 0.435. The number of ether oxygens (including phenoxy) is 2. The predicted molar refractivity (Wildman–Crippen MR) is 129 cm³/mol. The van der Waals surface area contributed by atoms with E-state index in [2.05, 4.69) is 15.6 Å². The molecule has 1 saturated heterocycles. The lowest BCUT2D eigenvalue weighted by molar-refractivity contribution is -0.192. The number of carbonyl (C=O) groups is 3. The standard InChI is InChI=1S/C21H26N4O4S.C2HF3O2/c1-4-29-21(27)20-18(11-16-12-22-10-9-19(16)30-14(2)26)23-24-25(20)13-15-5-7-17(28-3)8-6-15;3-2(4,5)1(6)7/h5-8,11,19,22H,4,9-10,12-13H2,1-3H3;(H,6,7). The Morgan fingerprint density at radius 1 is 1.27 bits per heavy atom. The normalized spacial score (nSPS) is 16.5. The molecule has 1 aliphatic rings. The molecule has 202 valence electrons. The molecule has 1 fully saturated rings. The number of piperidine rings is 1. The van der Waals surface area contributed by atoms with E-state index >= 15 is 0 Å². The number of carboxylic acids is 1. The van der Waals surface area contributed by atoms with Crippen molar-refractivity contribution in [2.45, 2.75) is 38.2 Å². The molecule has 14 heteroatoms. The minimum absolute atomic E-state index is 0.0607. The van der Waals surface area contributed by atoms with Crippen molar-refractivity contribution in [2.75, 3.05) is 26.8 Å². The molecular weight excluding hydrogens is 517 g/mol. The van der Waals surface area contributed by atoms with Crippen LogP contribution in [-0.4, -0.2) is 75.4 Å². The van der Waals surface area contributed by atoms with Gasteiger partial charge in [0, 0.05) is 18.7 Å². The fourth-order valence-electron chi connectivity index (χ4n) is 3.27. The van der Waals surface area contributed by atoms with E-state index in [-0.39, 0.29) is 17.0 Å². The van der Waals surface area contributed by atoms with Crippen LogP contribution in [0.25, 0.3) is 6.08 Å². The number of thioether (sulfide) groups is 1. The van der Waals surface area contributed by atoms with Gasteiger partial charge in [0.15, 0.2) is 10.8 Å². The van der Waals surface area contributed by atoms with Gasteiger partial charge >= 0.3 is 18.1 Å². The van der Waals surface area contributed by atoms with Gasteiger partial charge in [0.1, 0.15) is 11.4 Å². The molecule has 0 spiro atoms. The van der Waals surface area contributed by atoms with Gasteiger partial charge in [0.25, 0.3) is 0 Å². The van der Waals surface area contributed by atoms with Crippen LogP contribution in [0.15, 0.2) is 29.8 Å². The Bertz CT molecular complexity index is 1120. The molecule has 1 aliphatic heterocycles. The molecule has 1 aromatic carbocycles. The molecule has 1 unspecified atom stereocenters. The molecule has 0 amide bonds. The van der Waals surface area contributed by atoms with Crippen LogP contribution in [0.3, 0.4) is 0 Å². The number of carbonyl (C=O) groups excluding carboxylic acids is 2.